The summed E-state index contributed by atoms with van der Waals surface area (Å²) in [6.45, 7) is 4.89. The van der Waals surface area contributed by atoms with Crippen LogP contribution in [-0.2, 0) is 9.53 Å². The Kier molecular flexibility index (Phi) is 6.01. The van der Waals surface area contributed by atoms with Crippen LogP contribution >= 0.6 is 0 Å². The molecule has 3 rings (SSSR count). The maximum absolute atomic E-state index is 12.9. The van der Waals surface area contributed by atoms with E-state index in [-0.39, 0.29) is 11.1 Å². The molecule has 0 spiro atoms. The first kappa shape index (κ1) is 21.2. The second kappa shape index (κ2) is 8.49. The van der Waals surface area contributed by atoms with Crippen molar-refractivity contribution in [2.75, 3.05) is 7.11 Å². The molecule has 30 heavy (non-hydrogen) atoms. The number of esters is 1. The zero-order valence-corrected chi connectivity index (χ0v) is 17.2. The van der Waals surface area contributed by atoms with Gasteiger partial charge in [-0.25, -0.2) is 4.79 Å². The van der Waals surface area contributed by atoms with Gasteiger partial charge < -0.3 is 9.47 Å². The number of imide groups is 1. The maximum atomic E-state index is 12.9. The van der Waals surface area contributed by atoms with E-state index in [0.29, 0.717) is 11.3 Å². The number of rotatable bonds is 7. The number of fused-ring (bicyclic) bond motifs is 1. The lowest BCUT2D eigenvalue weighted by molar-refractivity contribution is -0.152. The minimum Gasteiger partial charge on any atom is -0.497 e. The van der Waals surface area contributed by atoms with E-state index >= 15 is 0 Å². The van der Waals surface area contributed by atoms with Crippen molar-refractivity contribution in [1.29, 1.82) is 0 Å². The summed E-state index contributed by atoms with van der Waals surface area (Å²) < 4.78 is 10.5. The molecule has 0 radical (unpaired) electrons. The quantitative estimate of drug-likeness (QED) is 0.396. The molecule has 2 amide bonds. The van der Waals surface area contributed by atoms with Gasteiger partial charge in [-0.05, 0) is 49.2 Å². The number of carbonyl (C=O) groups excluding carboxylic acids is 4. The molecule has 7 nitrogen and oxygen atoms in total. The molecule has 1 aliphatic heterocycles. The maximum Gasteiger partial charge on any atom is 0.330 e. The Balaban J connectivity index is 1.78. The average molecular weight is 409 g/mol. The Morgan fingerprint density at radius 3 is 1.87 bits per heavy atom. The average Bonchev–Trinajstić information content (AvgIpc) is 2.98. The van der Waals surface area contributed by atoms with E-state index in [2.05, 4.69) is 0 Å². The molecule has 0 fully saturated rings. The second-order valence-corrected chi connectivity index (χ2v) is 7.39. The summed E-state index contributed by atoms with van der Waals surface area (Å²) in [6, 6.07) is 11.7. The molecule has 1 aliphatic rings. The zero-order valence-electron chi connectivity index (χ0n) is 17.2. The van der Waals surface area contributed by atoms with Crippen molar-refractivity contribution in [3.8, 4) is 5.75 Å². The van der Waals surface area contributed by atoms with Crippen molar-refractivity contribution in [1.82, 2.24) is 4.90 Å². The van der Waals surface area contributed by atoms with Crippen LogP contribution in [0.1, 0.15) is 51.8 Å². The van der Waals surface area contributed by atoms with Crippen LogP contribution in [0, 0.1) is 5.92 Å². The second-order valence-electron chi connectivity index (χ2n) is 7.39. The zero-order chi connectivity index (χ0) is 22.0. The summed E-state index contributed by atoms with van der Waals surface area (Å²) in [5, 5.41) is 0. The van der Waals surface area contributed by atoms with Crippen LogP contribution in [0.4, 0.5) is 0 Å². The molecule has 0 N–H and O–H groups in total. The van der Waals surface area contributed by atoms with E-state index in [4.69, 9.17) is 9.47 Å². The molecule has 0 aromatic heterocycles. The van der Waals surface area contributed by atoms with Crippen molar-refractivity contribution in [2.45, 2.75) is 32.9 Å². The van der Waals surface area contributed by atoms with E-state index in [1.807, 2.05) is 0 Å². The van der Waals surface area contributed by atoms with Crippen molar-refractivity contribution in [2.24, 2.45) is 5.92 Å². The first-order valence-corrected chi connectivity index (χ1v) is 9.62. The third-order valence-corrected chi connectivity index (χ3v) is 5.01. The minimum absolute atomic E-state index is 0.253. The van der Waals surface area contributed by atoms with Crippen LogP contribution in [0.3, 0.4) is 0 Å². The Morgan fingerprint density at radius 2 is 1.40 bits per heavy atom. The highest BCUT2D eigenvalue weighted by Gasteiger charge is 2.45. The standard InChI is InChI=1S/C23H23NO6/c1-13(2)19(24-21(26)17-7-5-6-8-18(17)22(24)27)23(28)30-14(3)20(25)15-9-11-16(29-4)12-10-15/h5-14,19H,1-4H3/t14-,19-/m0/s1. The summed E-state index contributed by atoms with van der Waals surface area (Å²) in [5.41, 5.74) is 0.865. The van der Waals surface area contributed by atoms with Gasteiger partial charge in [-0.3, -0.25) is 19.3 Å². The smallest absolute Gasteiger partial charge is 0.330 e. The lowest BCUT2D eigenvalue weighted by Crippen LogP contribution is -2.49. The van der Waals surface area contributed by atoms with Gasteiger partial charge in [0.1, 0.15) is 11.8 Å². The number of ether oxygens (including phenoxy) is 2. The van der Waals surface area contributed by atoms with Crippen molar-refractivity contribution < 1.29 is 28.7 Å². The first-order valence-electron chi connectivity index (χ1n) is 9.62. The Morgan fingerprint density at radius 1 is 0.867 bits per heavy atom. The van der Waals surface area contributed by atoms with Gasteiger partial charge in [0.2, 0.25) is 5.78 Å². The van der Waals surface area contributed by atoms with Gasteiger partial charge in [-0.1, -0.05) is 26.0 Å². The van der Waals surface area contributed by atoms with Gasteiger partial charge in [-0.2, -0.15) is 0 Å². The molecule has 0 saturated heterocycles. The summed E-state index contributed by atoms with van der Waals surface area (Å²) in [5.74, 6) is -2.07. The van der Waals surface area contributed by atoms with Gasteiger partial charge in [0, 0.05) is 5.56 Å². The third kappa shape index (κ3) is 3.83. The van der Waals surface area contributed by atoms with Gasteiger partial charge in [0.15, 0.2) is 6.10 Å². The summed E-state index contributed by atoms with van der Waals surface area (Å²) in [4.78, 5) is 52.0. The van der Waals surface area contributed by atoms with Gasteiger partial charge in [0.05, 0.1) is 18.2 Å². The number of carbonyl (C=O) groups is 4. The molecule has 2 aromatic carbocycles. The number of Topliss-reactive ketones (excluding diaryl/α,β-unsaturated/α-hetero) is 1. The Bertz CT molecular complexity index is 960. The SMILES string of the molecule is COc1ccc(C(=O)[C@H](C)OC(=O)[C@H](C(C)C)N2C(=O)c3ccccc3C2=O)cc1. The van der Waals surface area contributed by atoms with Crippen LogP contribution in [0.2, 0.25) is 0 Å². The highest BCUT2D eigenvalue weighted by Crippen LogP contribution is 2.28. The molecule has 1 heterocycles. The lowest BCUT2D eigenvalue weighted by atomic mass is 10.0. The van der Waals surface area contributed by atoms with Crippen LogP contribution in [0.15, 0.2) is 48.5 Å². The third-order valence-electron chi connectivity index (χ3n) is 5.01. The summed E-state index contributed by atoms with van der Waals surface area (Å²) >= 11 is 0. The van der Waals surface area contributed by atoms with Crippen LogP contribution < -0.4 is 4.74 Å². The van der Waals surface area contributed by atoms with E-state index in [1.54, 1.807) is 62.4 Å². The van der Waals surface area contributed by atoms with Gasteiger partial charge >= 0.3 is 5.97 Å². The molecule has 7 heteroatoms. The molecule has 2 aromatic rings. The fourth-order valence-electron chi connectivity index (χ4n) is 3.42. The number of methoxy groups -OCH3 is 1. The highest BCUT2D eigenvalue weighted by atomic mass is 16.5. The normalized spacial score (nSPS) is 15.0. The molecule has 0 saturated carbocycles. The van der Waals surface area contributed by atoms with Crippen LogP contribution in [-0.4, -0.2) is 47.7 Å². The molecule has 2 atom stereocenters. The number of ketones is 1. The summed E-state index contributed by atoms with van der Waals surface area (Å²) in [7, 11) is 1.52. The lowest BCUT2D eigenvalue weighted by Gasteiger charge is -2.28. The van der Waals surface area contributed by atoms with Crippen molar-refractivity contribution >= 4 is 23.6 Å². The number of amides is 2. The van der Waals surface area contributed by atoms with E-state index in [0.717, 1.165) is 4.90 Å². The predicted molar refractivity (Wildman–Crippen MR) is 108 cm³/mol. The van der Waals surface area contributed by atoms with E-state index < -0.39 is 41.6 Å². The number of benzene rings is 2. The van der Waals surface area contributed by atoms with E-state index in [1.165, 1.54) is 14.0 Å². The largest absolute Gasteiger partial charge is 0.497 e. The van der Waals surface area contributed by atoms with Crippen molar-refractivity contribution in [3.05, 3.63) is 65.2 Å². The topological polar surface area (TPSA) is 90.0 Å². The highest BCUT2D eigenvalue weighted by molar-refractivity contribution is 6.22. The van der Waals surface area contributed by atoms with E-state index in [9.17, 15) is 19.2 Å². The first-order chi connectivity index (χ1) is 14.3. The molecule has 0 aliphatic carbocycles. The summed E-state index contributed by atoms with van der Waals surface area (Å²) in [6.07, 6.45) is -1.08. The Labute approximate surface area is 174 Å². The van der Waals surface area contributed by atoms with Crippen molar-refractivity contribution in [3.63, 3.8) is 0 Å². The Hall–Kier alpha value is -3.48. The fourth-order valence-corrected chi connectivity index (χ4v) is 3.42. The van der Waals surface area contributed by atoms with Crippen LogP contribution in [0.25, 0.3) is 0 Å². The molecule has 0 unspecified atom stereocenters. The number of hydrogen-bond donors (Lipinski definition) is 0. The van der Waals surface area contributed by atoms with Crippen LogP contribution in [0.5, 0.6) is 5.75 Å². The minimum atomic E-state index is -1.14. The predicted octanol–water partition coefficient (Wildman–Crippen LogP) is 3.13. The molecule has 0 bridgehead atoms. The monoisotopic (exact) mass is 409 g/mol. The molecular formula is C23H23NO6. The number of hydrogen-bond acceptors (Lipinski definition) is 6. The molecular weight excluding hydrogens is 386 g/mol. The fraction of sp³-hybridized carbons (Fsp3) is 0.304. The van der Waals surface area contributed by atoms with Gasteiger partial charge in [0.25, 0.3) is 11.8 Å². The molecule has 156 valence electrons. The number of nitrogens with zero attached hydrogens (tertiary/aromatic N) is 1. The van der Waals surface area contributed by atoms with Gasteiger partial charge in [-0.15, -0.1) is 0 Å².